The van der Waals surface area contributed by atoms with Gasteiger partial charge in [-0.2, -0.15) is 0 Å². The van der Waals surface area contributed by atoms with Gasteiger partial charge in [0.15, 0.2) is 5.03 Å². The van der Waals surface area contributed by atoms with Crippen molar-refractivity contribution in [3.05, 3.63) is 50.5 Å². The summed E-state index contributed by atoms with van der Waals surface area (Å²) in [6, 6.07) is 6.68. The SMILES string of the molecule is CC(C)CCNC(=O)[C@H](CCCN=C(N)N[N+](=O)[O-])NC(=O)/C=C/c1ccc(Br)cc1. The molecule has 0 unspecified atom stereocenters. The Morgan fingerprint density at radius 1 is 1.26 bits per heavy atom. The second-order valence-corrected chi connectivity index (χ2v) is 8.11. The predicted octanol–water partition coefficient (Wildman–Crippen LogP) is 1.99. The number of hydrogen-bond acceptors (Lipinski definition) is 5. The molecule has 10 nitrogen and oxygen atoms in total. The quantitative estimate of drug-likeness (QED) is 0.0866. The molecule has 0 saturated carbocycles. The highest BCUT2D eigenvalue weighted by Gasteiger charge is 2.19. The predicted molar refractivity (Wildman–Crippen MR) is 123 cm³/mol. The molecule has 0 saturated heterocycles. The van der Waals surface area contributed by atoms with Crippen LogP contribution in [0.25, 0.3) is 6.08 Å². The monoisotopic (exact) mass is 496 g/mol. The number of amides is 2. The van der Waals surface area contributed by atoms with E-state index in [1.54, 1.807) is 11.5 Å². The Kier molecular flexibility index (Phi) is 11.9. The standard InChI is InChI=1S/C20H29BrN6O4/c1-14(2)11-13-23-19(29)17(4-3-12-24-20(22)26-27(30)31)25-18(28)10-7-15-5-8-16(21)9-6-15/h5-10,14,17H,3-4,11-13H2,1-2H3,(H,23,29)(H,25,28)(H3,22,24,26)/b10-7+/t17-/m0/s1. The normalized spacial score (nSPS) is 12.6. The molecule has 0 radical (unpaired) electrons. The highest BCUT2D eigenvalue weighted by molar-refractivity contribution is 9.10. The Bertz CT molecular complexity index is 795. The minimum atomic E-state index is -0.804. The number of carbonyl (C=O) groups is 2. The minimum absolute atomic E-state index is 0.174. The molecule has 0 aliphatic rings. The van der Waals surface area contributed by atoms with Gasteiger partial charge in [0.25, 0.3) is 5.96 Å². The third-order valence-electron chi connectivity index (χ3n) is 4.09. The van der Waals surface area contributed by atoms with Crippen LogP contribution < -0.4 is 21.8 Å². The molecule has 1 aromatic rings. The number of nitrogens with two attached hydrogens (primary N) is 1. The van der Waals surface area contributed by atoms with Crippen LogP contribution in [0.2, 0.25) is 0 Å². The van der Waals surface area contributed by atoms with Gasteiger partial charge in [-0.3, -0.25) is 9.59 Å². The van der Waals surface area contributed by atoms with Crippen molar-refractivity contribution in [2.24, 2.45) is 16.6 Å². The molecule has 5 N–H and O–H groups in total. The van der Waals surface area contributed by atoms with Gasteiger partial charge in [-0.15, -0.1) is 0 Å². The number of benzene rings is 1. The maximum atomic E-state index is 12.5. The van der Waals surface area contributed by atoms with Gasteiger partial charge in [-0.25, -0.2) is 15.1 Å². The highest BCUT2D eigenvalue weighted by Crippen LogP contribution is 2.11. The molecule has 0 heterocycles. The van der Waals surface area contributed by atoms with E-state index in [1.165, 1.54) is 6.08 Å². The molecule has 0 aliphatic heterocycles. The van der Waals surface area contributed by atoms with Gasteiger partial charge in [0.05, 0.1) is 0 Å². The van der Waals surface area contributed by atoms with E-state index in [0.29, 0.717) is 25.3 Å². The zero-order chi connectivity index (χ0) is 23.2. The number of hydrogen-bond donors (Lipinski definition) is 4. The Balaban J connectivity index is 2.67. The van der Waals surface area contributed by atoms with Crippen LogP contribution in [0.4, 0.5) is 0 Å². The first-order chi connectivity index (χ1) is 14.7. The molecule has 170 valence electrons. The summed E-state index contributed by atoms with van der Waals surface area (Å²) in [6.45, 7) is 4.79. The van der Waals surface area contributed by atoms with E-state index >= 15 is 0 Å². The summed E-state index contributed by atoms with van der Waals surface area (Å²) in [6.07, 6.45) is 4.56. The van der Waals surface area contributed by atoms with E-state index in [-0.39, 0.29) is 18.4 Å². The first-order valence-electron chi connectivity index (χ1n) is 9.90. The molecule has 1 rings (SSSR count). The maximum absolute atomic E-state index is 12.5. The molecule has 1 atom stereocenters. The first kappa shape index (κ1) is 26.1. The summed E-state index contributed by atoms with van der Waals surface area (Å²) in [5.74, 6) is -0.561. The molecule has 11 heteroatoms. The number of nitro groups is 1. The molecule has 0 aromatic heterocycles. The smallest absolute Gasteiger partial charge is 0.251 e. The fraction of sp³-hybridized carbons (Fsp3) is 0.450. The van der Waals surface area contributed by atoms with Crippen LogP contribution in [0, 0.1) is 16.0 Å². The topological polar surface area (TPSA) is 152 Å². The number of guanidine groups is 1. The van der Waals surface area contributed by atoms with E-state index in [1.807, 2.05) is 24.3 Å². The van der Waals surface area contributed by atoms with Crippen molar-refractivity contribution in [3.63, 3.8) is 0 Å². The third-order valence-corrected chi connectivity index (χ3v) is 4.62. The molecule has 0 aliphatic carbocycles. The molecule has 1 aromatic carbocycles. The largest absolute Gasteiger partial charge is 0.365 e. The van der Waals surface area contributed by atoms with E-state index in [0.717, 1.165) is 16.5 Å². The van der Waals surface area contributed by atoms with E-state index < -0.39 is 17.0 Å². The Labute approximate surface area is 190 Å². The second kappa shape index (κ2) is 14.1. The average molecular weight is 497 g/mol. The Morgan fingerprint density at radius 3 is 2.55 bits per heavy atom. The summed E-state index contributed by atoms with van der Waals surface area (Å²) < 4.78 is 0.934. The molecule has 0 spiro atoms. The number of rotatable bonds is 12. The number of hydrazine groups is 1. The van der Waals surface area contributed by atoms with Gasteiger partial charge in [-0.05, 0) is 49.0 Å². The molecular formula is C20H29BrN6O4. The van der Waals surface area contributed by atoms with Gasteiger partial charge in [0.1, 0.15) is 6.04 Å². The van der Waals surface area contributed by atoms with Gasteiger partial charge in [-0.1, -0.05) is 47.3 Å². The Morgan fingerprint density at radius 2 is 1.94 bits per heavy atom. The average Bonchev–Trinajstić information content (AvgIpc) is 2.69. The van der Waals surface area contributed by atoms with Crippen molar-refractivity contribution in [2.45, 2.75) is 39.2 Å². The van der Waals surface area contributed by atoms with Crippen molar-refractivity contribution in [2.75, 3.05) is 13.1 Å². The van der Waals surface area contributed by atoms with Gasteiger partial charge in [0, 0.05) is 23.6 Å². The van der Waals surface area contributed by atoms with Gasteiger partial charge >= 0.3 is 0 Å². The third kappa shape index (κ3) is 12.4. The van der Waals surface area contributed by atoms with Crippen LogP contribution in [-0.2, 0) is 9.59 Å². The van der Waals surface area contributed by atoms with Gasteiger partial charge < -0.3 is 16.4 Å². The summed E-state index contributed by atoms with van der Waals surface area (Å²) in [5, 5.41) is 15.0. The first-order valence-corrected chi connectivity index (χ1v) is 10.7. The van der Waals surface area contributed by atoms with Gasteiger partial charge in [0.2, 0.25) is 11.8 Å². The fourth-order valence-electron chi connectivity index (χ4n) is 2.47. The van der Waals surface area contributed by atoms with E-state index in [2.05, 4.69) is 45.4 Å². The van der Waals surface area contributed by atoms with Crippen molar-refractivity contribution in [3.8, 4) is 0 Å². The van der Waals surface area contributed by atoms with Crippen LogP contribution in [0.15, 0.2) is 39.8 Å². The van der Waals surface area contributed by atoms with Crippen LogP contribution in [0.5, 0.6) is 0 Å². The zero-order valence-corrected chi connectivity index (χ0v) is 19.2. The molecule has 0 bridgehead atoms. The lowest BCUT2D eigenvalue weighted by atomic mass is 10.1. The molecule has 2 amide bonds. The summed E-state index contributed by atoms with van der Waals surface area (Å²) in [7, 11) is 0. The maximum Gasteiger partial charge on any atom is 0.251 e. The second-order valence-electron chi connectivity index (χ2n) is 7.20. The minimum Gasteiger partial charge on any atom is -0.365 e. The van der Waals surface area contributed by atoms with Crippen molar-refractivity contribution in [1.82, 2.24) is 16.1 Å². The van der Waals surface area contributed by atoms with E-state index in [4.69, 9.17) is 5.73 Å². The molecule has 31 heavy (non-hydrogen) atoms. The summed E-state index contributed by atoms with van der Waals surface area (Å²) in [5.41, 5.74) is 7.96. The van der Waals surface area contributed by atoms with Crippen molar-refractivity contribution in [1.29, 1.82) is 0 Å². The van der Waals surface area contributed by atoms with Crippen LogP contribution in [0.1, 0.15) is 38.7 Å². The number of nitrogens with zero attached hydrogens (tertiary/aromatic N) is 2. The van der Waals surface area contributed by atoms with E-state index in [9.17, 15) is 19.7 Å². The Hall–Kier alpha value is -2.95. The number of halogens is 1. The lowest BCUT2D eigenvalue weighted by molar-refractivity contribution is -0.525. The lowest BCUT2D eigenvalue weighted by Crippen LogP contribution is -2.46. The molecule has 0 fully saturated rings. The van der Waals surface area contributed by atoms with Crippen LogP contribution in [-0.4, -0.2) is 41.9 Å². The summed E-state index contributed by atoms with van der Waals surface area (Å²) in [4.78, 5) is 39.0. The zero-order valence-electron chi connectivity index (χ0n) is 17.6. The number of aliphatic imine (C=N–C) groups is 1. The van der Waals surface area contributed by atoms with Crippen molar-refractivity contribution >= 4 is 39.8 Å². The molecular weight excluding hydrogens is 468 g/mol. The number of nitrogens with one attached hydrogen (secondary N) is 3. The van der Waals surface area contributed by atoms with Crippen LogP contribution >= 0.6 is 15.9 Å². The van der Waals surface area contributed by atoms with Crippen molar-refractivity contribution < 1.29 is 14.6 Å². The summed E-state index contributed by atoms with van der Waals surface area (Å²) >= 11 is 3.35. The number of carbonyl (C=O) groups excluding carboxylic acids is 2. The highest BCUT2D eigenvalue weighted by atomic mass is 79.9. The fourth-order valence-corrected chi connectivity index (χ4v) is 2.73. The lowest BCUT2D eigenvalue weighted by Gasteiger charge is -2.18. The van der Waals surface area contributed by atoms with Crippen LogP contribution in [0.3, 0.4) is 0 Å².